The molecule has 0 aliphatic carbocycles. The molecule has 0 aromatic rings. The molecule has 0 aliphatic heterocycles. The van der Waals surface area contributed by atoms with Gasteiger partial charge < -0.3 is 0 Å². The van der Waals surface area contributed by atoms with Gasteiger partial charge in [-0.25, -0.2) is 0 Å². The molecular weight excluding hydrogens is 134 g/mol. The SMILES string of the molecule is C=CC(F)(F)C(=C)CCC. The lowest BCUT2D eigenvalue weighted by Gasteiger charge is -2.12. The predicted molar refractivity (Wildman–Crippen MR) is 39.2 cm³/mol. The fourth-order valence-corrected chi connectivity index (χ4v) is 0.613. The zero-order valence-corrected chi connectivity index (χ0v) is 6.16. The van der Waals surface area contributed by atoms with E-state index in [-0.39, 0.29) is 5.57 Å². The van der Waals surface area contributed by atoms with E-state index in [2.05, 4.69) is 13.2 Å². The van der Waals surface area contributed by atoms with Gasteiger partial charge >= 0.3 is 0 Å². The molecule has 0 radical (unpaired) electrons. The fourth-order valence-electron chi connectivity index (χ4n) is 0.613. The first kappa shape index (κ1) is 9.34. The van der Waals surface area contributed by atoms with E-state index >= 15 is 0 Å². The minimum absolute atomic E-state index is 0.0509. The van der Waals surface area contributed by atoms with Crippen molar-refractivity contribution in [2.45, 2.75) is 25.7 Å². The third kappa shape index (κ3) is 2.29. The second-order valence-electron chi connectivity index (χ2n) is 2.18. The highest BCUT2D eigenvalue weighted by Gasteiger charge is 2.26. The molecule has 0 N–H and O–H groups in total. The van der Waals surface area contributed by atoms with Crippen LogP contribution < -0.4 is 0 Å². The zero-order chi connectivity index (χ0) is 8.20. The lowest BCUT2D eigenvalue weighted by atomic mass is 10.1. The number of alkyl halides is 2. The molecule has 0 rings (SSSR count). The molecule has 0 fully saturated rings. The number of hydrogen-bond donors (Lipinski definition) is 0. The molecule has 0 heterocycles. The Kier molecular flexibility index (Phi) is 3.26. The summed E-state index contributed by atoms with van der Waals surface area (Å²) in [7, 11) is 0. The van der Waals surface area contributed by atoms with Gasteiger partial charge in [0, 0.05) is 0 Å². The Hall–Kier alpha value is -0.660. The molecule has 0 spiro atoms. The molecule has 0 saturated heterocycles. The van der Waals surface area contributed by atoms with Crippen LogP contribution in [0.4, 0.5) is 8.78 Å². The summed E-state index contributed by atoms with van der Waals surface area (Å²) in [6.45, 7) is 8.13. The van der Waals surface area contributed by atoms with Crippen LogP contribution in [-0.2, 0) is 0 Å². The van der Waals surface area contributed by atoms with Crippen LogP contribution in [0.5, 0.6) is 0 Å². The number of halogens is 2. The first-order chi connectivity index (χ1) is 4.54. The van der Waals surface area contributed by atoms with E-state index in [1.807, 2.05) is 6.92 Å². The molecule has 0 saturated carbocycles. The lowest BCUT2D eigenvalue weighted by molar-refractivity contribution is 0.0938. The standard InChI is InChI=1S/C8H12F2/c1-4-6-7(3)8(9,10)5-2/h5H,2-4,6H2,1H3. The van der Waals surface area contributed by atoms with Crippen molar-refractivity contribution in [2.24, 2.45) is 0 Å². The molecule has 0 atom stereocenters. The fraction of sp³-hybridized carbons (Fsp3) is 0.500. The first-order valence-corrected chi connectivity index (χ1v) is 3.24. The quantitative estimate of drug-likeness (QED) is 0.534. The van der Waals surface area contributed by atoms with Gasteiger partial charge in [0.15, 0.2) is 0 Å². The van der Waals surface area contributed by atoms with Gasteiger partial charge in [-0.05, 0) is 18.1 Å². The van der Waals surface area contributed by atoms with Gasteiger partial charge in [0.05, 0.1) is 0 Å². The number of allylic oxidation sites excluding steroid dienone is 2. The highest BCUT2D eigenvalue weighted by Crippen LogP contribution is 2.26. The third-order valence-electron chi connectivity index (χ3n) is 1.28. The van der Waals surface area contributed by atoms with Crippen molar-refractivity contribution in [1.29, 1.82) is 0 Å². The summed E-state index contributed by atoms with van der Waals surface area (Å²) < 4.78 is 25.0. The molecule has 0 aromatic carbocycles. The van der Waals surface area contributed by atoms with Gasteiger partial charge in [-0.3, -0.25) is 0 Å². The molecule has 0 nitrogen and oxygen atoms in total. The normalized spacial score (nSPS) is 11.1. The number of rotatable bonds is 4. The summed E-state index contributed by atoms with van der Waals surface area (Å²) in [5.74, 6) is -2.88. The molecule has 0 amide bonds. The Morgan fingerprint density at radius 3 is 2.40 bits per heavy atom. The molecule has 10 heavy (non-hydrogen) atoms. The van der Waals surface area contributed by atoms with Gasteiger partial charge in [0.2, 0.25) is 0 Å². The first-order valence-electron chi connectivity index (χ1n) is 3.24. The van der Waals surface area contributed by atoms with Crippen molar-refractivity contribution >= 4 is 0 Å². The molecule has 58 valence electrons. The largest absolute Gasteiger partial charge is 0.287 e. The minimum atomic E-state index is -2.88. The average Bonchev–Trinajstić information content (AvgIpc) is 1.89. The topological polar surface area (TPSA) is 0 Å². The Morgan fingerprint density at radius 2 is 2.10 bits per heavy atom. The van der Waals surface area contributed by atoms with Gasteiger partial charge in [-0.1, -0.05) is 26.5 Å². The van der Waals surface area contributed by atoms with Crippen LogP contribution in [-0.4, -0.2) is 5.92 Å². The van der Waals surface area contributed by atoms with Crippen LogP contribution in [0.25, 0.3) is 0 Å². The van der Waals surface area contributed by atoms with Gasteiger partial charge in [-0.15, -0.1) is 0 Å². The van der Waals surface area contributed by atoms with Crippen molar-refractivity contribution in [1.82, 2.24) is 0 Å². The summed E-state index contributed by atoms with van der Waals surface area (Å²) in [5, 5.41) is 0. The monoisotopic (exact) mass is 146 g/mol. The van der Waals surface area contributed by atoms with E-state index in [0.29, 0.717) is 18.9 Å². The maximum atomic E-state index is 12.5. The van der Waals surface area contributed by atoms with Crippen LogP contribution in [0.1, 0.15) is 19.8 Å². The van der Waals surface area contributed by atoms with Crippen LogP contribution in [0.15, 0.2) is 24.8 Å². The maximum Gasteiger partial charge on any atom is 0.287 e. The van der Waals surface area contributed by atoms with Gasteiger partial charge in [-0.2, -0.15) is 8.78 Å². The van der Waals surface area contributed by atoms with E-state index in [9.17, 15) is 8.78 Å². The van der Waals surface area contributed by atoms with Gasteiger partial charge in [0.1, 0.15) is 0 Å². The van der Waals surface area contributed by atoms with Crippen molar-refractivity contribution in [3.63, 3.8) is 0 Å². The summed E-state index contributed by atoms with van der Waals surface area (Å²) in [4.78, 5) is 0. The average molecular weight is 146 g/mol. The van der Waals surface area contributed by atoms with Crippen molar-refractivity contribution in [3.05, 3.63) is 24.8 Å². The summed E-state index contributed by atoms with van der Waals surface area (Å²) in [6.07, 6.45) is 1.69. The zero-order valence-electron chi connectivity index (χ0n) is 6.16. The van der Waals surface area contributed by atoms with E-state index in [1.165, 1.54) is 0 Å². The van der Waals surface area contributed by atoms with E-state index in [1.54, 1.807) is 0 Å². The summed E-state index contributed by atoms with van der Waals surface area (Å²) in [6, 6.07) is 0. The molecule has 0 bridgehead atoms. The molecule has 0 aliphatic rings. The predicted octanol–water partition coefficient (Wildman–Crippen LogP) is 3.16. The van der Waals surface area contributed by atoms with Crippen molar-refractivity contribution in [2.75, 3.05) is 0 Å². The highest BCUT2D eigenvalue weighted by atomic mass is 19.3. The second kappa shape index (κ2) is 3.49. The van der Waals surface area contributed by atoms with Crippen molar-refractivity contribution < 1.29 is 8.78 Å². The van der Waals surface area contributed by atoms with E-state index in [0.717, 1.165) is 0 Å². The second-order valence-corrected chi connectivity index (χ2v) is 2.18. The minimum Gasteiger partial charge on any atom is -0.197 e. The summed E-state index contributed by atoms with van der Waals surface area (Å²) in [5.41, 5.74) is -0.0509. The maximum absolute atomic E-state index is 12.5. The molecule has 0 aromatic heterocycles. The highest BCUT2D eigenvalue weighted by molar-refractivity contribution is 5.14. The number of hydrogen-bond acceptors (Lipinski definition) is 0. The van der Waals surface area contributed by atoms with E-state index in [4.69, 9.17) is 0 Å². The third-order valence-corrected chi connectivity index (χ3v) is 1.28. The van der Waals surface area contributed by atoms with Crippen LogP contribution in [0.2, 0.25) is 0 Å². The Bertz CT molecular complexity index is 136. The molecule has 0 unspecified atom stereocenters. The lowest BCUT2D eigenvalue weighted by Crippen LogP contribution is -2.14. The van der Waals surface area contributed by atoms with Crippen molar-refractivity contribution in [3.8, 4) is 0 Å². The Labute approximate surface area is 60.2 Å². The molecular formula is C8H12F2. The van der Waals surface area contributed by atoms with Crippen LogP contribution >= 0.6 is 0 Å². The van der Waals surface area contributed by atoms with E-state index < -0.39 is 5.92 Å². The Morgan fingerprint density at radius 1 is 1.60 bits per heavy atom. The smallest absolute Gasteiger partial charge is 0.197 e. The van der Waals surface area contributed by atoms with Crippen LogP contribution in [0.3, 0.4) is 0 Å². The van der Waals surface area contributed by atoms with Crippen LogP contribution in [0, 0.1) is 0 Å². The Balaban J connectivity index is 4.04. The molecule has 2 heteroatoms. The summed E-state index contributed by atoms with van der Waals surface area (Å²) >= 11 is 0. The van der Waals surface area contributed by atoms with Gasteiger partial charge in [0.25, 0.3) is 5.92 Å².